The number of aromatic nitrogens is 1. The number of ether oxygens (including phenoxy) is 2. The Hall–Kier alpha value is -2.29. The highest BCUT2D eigenvalue weighted by Gasteiger charge is 2.40. The lowest BCUT2D eigenvalue weighted by Crippen LogP contribution is -2.30. The van der Waals surface area contributed by atoms with Gasteiger partial charge < -0.3 is 19.9 Å². The summed E-state index contributed by atoms with van der Waals surface area (Å²) < 4.78 is 33.9. The number of carbonyl (C=O) groups excluding carboxylic acids is 1. The van der Waals surface area contributed by atoms with Crippen LogP contribution >= 0.6 is 0 Å². The summed E-state index contributed by atoms with van der Waals surface area (Å²) in [5.74, 6) is -2.54. The second-order valence-corrected chi connectivity index (χ2v) is 4.82. The molecule has 22 heavy (non-hydrogen) atoms. The van der Waals surface area contributed by atoms with Crippen LogP contribution in [-0.2, 0) is 14.3 Å². The Kier molecular flexibility index (Phi) is 4.86. The summed E-state index contributed by atoms with van der Waals surface area (Å²) in [4.78, 5) is 26.6. The van der Waals surface area contributed by atoms with Crippen molar-refractivity contribution in [2.75, 3.05) is 5.32 Å². The Labute approximate surface area is 124 Å². The molecule has 0 radical (unpaired) electrons. The first-order valence-electron chi connectivity index (χ1n) is 6.47. The van der Waals surface area contributed by atoms with Crippen molar-refractivity contribution in [3.05, 3.63) is 18.3 Å². The van der Waals surface area contributed by atoms with Crippen molar-refractivity contribution in [2.45, 2.75) is 32.2 Å². The number of nitrogens with one attached hydrogen (secondary N) is 1. The normalized spacial score (nSPS) is 24.3. The highest BCUT2D eigenvalue weighted by Crippen LogP contribution is 2.28. The monoisotopic (exact) mass is 316 g/mol. The fourth-order valence-electron chi connectivity index (χ4n) is 2.18. The molecule has 1 aliphatic heterocycles. The first-order chi connectivity index (χ1) is 10.4. The maximum atomic E-state index is 12.3. The average Bonchev–Trinajstić information content (AvgIpc) is 2.83. The summed E-state index contributed by atoms with van der Waals surface area (Å²) in [6, 6.07) is 2.78. The largest absolute Gasteiger partial charge is 0.479 e. The number of nitrogens with zero attached hydrogens (tertiary/aromatic N) is 1. The molecule has 2 rings (SSSR count). The molecule has 1 saturated heterocycles. The lowest BCUT2D eigenvalue weighted by molar-refractivity contribution is -0.152. The van der Waals surface area contributed by atoms with Gasteiger partial charge in [0.05, 0.1) is 0 Å². The molecule has 0 aromatic carbocycles. The maximum Gasteiger partial charge on any atom is 0.388 e. The average molecular weight is 316 g/mol. The zero-order valence-corrected chi connectivity index (χ0v) is 11.5. The number of halogens is 2. The van der Waals surface area contributed by atoms with E-state index in [-0.39, 0.29) is 18.0 Å². The lowest BCUT2D eigenvalue weighted by Gasteiger charge is -2.14. The van der Waals surface area contributed by atoms with Crippen LogP contribution in [0.4, 0.5) is 14.5 Å². The van der Waals surface area contributed by atoms with Crippen LogP contribution in [0.25, 0.3) is 0 Å². The third-order valence-corrected chi connectivity index (χ3v) is 3.18. The van der Waals surface area contributed by atoms with Crippen molar-refractivity contribution < 1.29 is 33.0 Å². The number of pyridine rings is 1. The van der Waals surface area contributed by atoms with Crippen molar-refractivity contribution in [2.24, 2.45) is 5.92 Å². The number of hydrogen-bond donors (Lipinski definition) is 2. The number of carbonyl (C=O) groups is 2. The van der Waals surface area contributed by atoms with Crippen molar-refractivity contribution in [1.29, 1.82) is 0 Å². The van der Waals surface area contributed by atoms with Crippen molar-refractivity contribution in [3.63, 3.8) is 0 Å². The molecule has 0 saturated carbocycles. The molecule has 1 aromatic rings. The molecule has 0 bridgehead atoms. The van der Waals surface area contributed by atoms with Gasteiger partial charge in [-0.15, -0.1) is 0 Å². The maximum absolute atomic E-state index is 12.3. The molecule has 2 N–H and O–H groups in total. The molecule has 120 valence electrons. The Morgan fingerprint density at radius 2 is 2.27 bits per heavy atom. The van der Waals surface area contributed by atoms with Crippen LogP contribution in [-0.4, -0.2) is 40.8 Å². The minimum absolute atomic E-state index is 0.0390. The molecule has 7 nitrogen and oxygen atoms in total. The van der Waals surface area contributed by atoms with E-state index in [1.54, 1.807) is 6.92 Å². The molecule has 1 aromatic heterocycles. The van der Waals surface area contributed by atoms with E-state index in [9.17, 15) is 18.4 Å². The van der Waals surface area contributed by atoms with Gasteiger partial charge in [-0.25, -0.2) is 9.78 Å². The number of carboxylic acids is 1. The first kappa shape index (κ1) is 16.1. The zero-order chi connectivity index (χ0) is 16.3. The predicted molar refractivity (Wildman–Crippen MR) is 69.6 cm³/mol. The predicted octanol–water partition coefficient (Wildman–Crippen LogP) is 1.50. The Morgan fingerprint density at radius 1 is 1.55 bits per heavy atom. The van der Waals surface area contributed by atoms with Crippen LogP contribution in [0.3, 0.4) is 0 Å². The first-order valence-corrected chi connectivity index (χ1v) is 6.47. The number of hydrogen-bond acceptors (Lipinski definition) is 5. The molecule has 3 atom stereocenters. The van der Waals surface area contributed by atoms with Gasteiger partial charge in [-0.05, 0) is 24.5 Å². The lowest BCUT2D eigenvalue weighted by atomic mass is 10.0. The second kappa shape index (κ2) is 6.65. The molecule has 9 heteroatoms. The van der Waals surface area contributed by atoms with Crippen molar-refractivity contribution in [1.82, 2.24) is 4.98 Å². The number of rotatable bonds is 5. The van der Waals surface area contributed by atoms with Crippen LogP contribution < -0.4 is 10.1 Å². The summed E-state index contributed by atoms with van der Waals surface area (Å²) in [5, 5.41) is 11.3. The summed E-state index contributed by atoms with van der Waals surface area (Å²) in [7, 11) is 0. The van der Waals surface area contributed by atoms with E-state index >= 15 is 0 Å². The standard InChI is InChI=1S/C13H14F2N2O5/c1-6-5-8(21-9(6)12(19)20)10(18)17-7-3-2-4-16-11(7)22-13(14)15/h2-4,6,8-9,13H,5H2,1H3,(H,17,18)(H,19,20)/t6-,8-,9-/m1/s1. The van der Waals surface area contributed by atoms with Crippen LogP contribution in [0.2, 0.25) is 0 Å². The van der Waals surface area contributed by atoms with Gasteiger partial charge in [-0.1, -0.05) is 6.92 Å². The fraction of sp³-hybridized carbons (Fsp3) is 0.462. The van der Waals surface area contributed by atoms with Gasteiger partial charge in [0, 0.05) is 6.20 Å². The molecule has 0 aliphatic carbocycles. The minimum Gasteiger partial charge on any atom is -0.479 e. The van der Waals surface area contributed by atoms with Crippen molar-refractivity contribution >= 4 is 17.6 Å². The Balaban J connectivity index is 2.05. The van der Waals surface area contributed by atoms with Gasteiger partial charge in [0.15, 0.2) is 6.10 Å². The van der Waals surface area contributed by atoms with Gasteiger partial charge in [-0.2, -0.15) is 8.78 Å². The number of alkyl halides is 2. The quantitative estimate of drug-likeness (QED) is 0.854. The van der Waals surface area contributed by atoms with Crippen LogP contribution in [0.15, 0.2) is 18.3 Å². The number of anilines is 1. The van der Waals surface area contributed by atoms with Gasteiger partial charge in [0.2, 0.25) is 5.88 Å². The van der Waals surface area contributed by atoms with E-state index < -0.39 is 36.6 Å². The second-order valence-electron chi connectivity index (χ2n) is 4.82. The smallest absolute Gasteiger partial charge is 0.388 e. The molecular formula is C13H14F2N2O5. The van der Waals surface area contributed by atoms with Gasteiger partial charge in [0.25, 0.3) is 5.91 Å². The number of carboxylic acid groups (broad SMARTS) is 1. The topological polar surface area (TPSA) is 97.8 Å². The van der Waals surface area contributed by atoms with Gasteiger partial charge in [0.1, 0.15) is 11.8 Å². The molecule has 1 aliphatic rings. The fourth-order valence-corrected chi connectivity index (χ4v) is 2.18. The van der Waals surface area contributed by atoms with E-state index in [2.05, 4.69) is 15.0 Å². The highest BCUT2D eigenvalue weighted by atomic mass is 19.3. The number of amides is 1. The SMILES string of the molecule is C[C@@H]1C[C@H](C(=O)Nc2cccnc2OC(F)F)O[C@H]1C(=O)O. The zero-order valence-electron chi connectivity index (χ0n) is 11.5. The van der Waals surface area contributed by atoms with E-state index in [0.29, 0.717) is 0 Å². The third kappa shape index (κ3) is 3.67. The van der Waals surface area contributed by atoms with Crippen LogP contribution in [0.5, 0.6) is 5.88 Å². The number of aliphatic carboxylic acids is 1. The van der Waals surface area contributed by atoms with E-state index in [1.165, 1.54) is 18.3 Å². The van der Waals surface area contributed by atoms with E-state index in [4.69, 9.17) is 9.84 Å². The molecule has 0 spiro atoms. The molecule has 1 fully saturated rings. The summed E-state index contributed by atoms with van der Waals surface area (Å²) in [6.45, 7) is -1.42. The summed E-state index contributed by atoms with van der Waals surface area (Å²) in [5.41, 5.74) is -0.0390. The highest BCUT2D eigenvalue weighted by molar-refractivity contribution is 5.95. The third-order valence-electron chi connectivity index (χ3n) is 3.18. The van der Waals surface area contributed by atoms with Crippen molar-refractivity contribution in [3.8, 4) is 5.88 Å². The minimum atomic E-state index is -3.08. The molecule has 0 unspecified atom stereocenters. The van der Waals surface area contributed by atoms with E-state index in [1.807, 2.05) is 0 Å². The molecular weight excluding hydrogens is 302 g/mol. The molecule has 2 heterocycles. The van der Waals surface area contributed by atoms with Crippen LogP contribution in [0, 0.1) is 5.92 Å². The van der Waals surface area contributed by atoms with Gasteiger partial charge >= 0.3 is 12.6 Å². The summed E-state index contributed by atoms with van der Waals surface area (Å²) >= 11 is 0. The summed E-state index contributed by atoms with van der Waals surface area (Å²) in [6.07, 6.45) is -0.590. The molecule has 1 amide bonds. The van der Waals surface area contributed by atoms with E-state index in [0.717, 1.165) is 0 Å². The Bertz CT molecular complexity index is 569. The van der Waals surface area contributed by atoms with Gasteiger partial charge in [-0.3, -0.25) is 4.79 Å². The Morgan fingerprint density at radius 3 is 2.86 bits per heavy atom. The van der Waals surface area contributed by atoms with Crippen LogP contribution in [0.1, 0.15) is 13.3 Å².